The molecule has 0 saturated carbocycles. The molecule has 2 fully saturated rings. The Bertz CT molecular complexity index is 497. The number of rotatable bonds is 2. The molecule has 1 spiro atoms. The summed E-state index contributed by atoms with van der Waals surface area (Å²) in [6.07, 6.45) is 3.03. The Morgan fingerprint density at radius 1 is 1.15 bits per heavy atom. The zero-order valence-electron chi connectivity index (χ0n) is 12.5. The molecule has 3 rings (SSSR count). The number of likely N-dealkylation sites (tertiary alicyclic amines) is 1. The van der Waals surface area contributed by atoms with Crippen LogP contribution in [0.4, 0.5) is 0 Å². The monoisotopic (exact) mass is 272 g/mol. The molecule has 0 radical (unpaired) electrons. The van der Waals surface area contributed by atoms with Crippen LogP contribution in [0.25, 0.3) is 0 Å². The van der Waals surface area contributed by atoms with E-state index in [1.165, 1.54) is 16.7 Å². The van der Waals surface area contributed by atoms with E-state index >= 15 is 0 Å². The normalized spacial score (nSPS) is 21.7. The molecular formula is C17H24N2O. The molecule has 0 bridgehead atoms. The highest BCUT2D eigenvalue weighted by molar-refractivity contribution is 5.79. The van der Waals surface area contributed by atoms with Crippen molar-refractivity contribution in [2.45, 2.75) is 39.7 Å². The van der Waals surface area contributed by atoms with Crippen molar-refractivity contribution in [1.29, 1.82) is 0 Å². The molecule has 0 atom stereocenters. The van der Waals surface area contributed by atoms with E-state index < -0.39 is 0 Å². The van der Waals surface area contributed by atoms with Crippen molar-refractivity contribution in [3.63, 3.8) is 0 Å². The first-order valence-electron chi connectivity index (χ1n) is 7.62. The first-order chi connectivity index (χ1) is 9.56. The molecule has 2 aliphatic rings. The summed E-state index contributed by atoms with van der Waals surface area (Å²) in [5.41, 5.74) is 4.08. The Morgan fingerprint density at radius 3 is 2.45 bits per heavy atom. The van der Waals surface area contributed by atoms with Crippen LogP contribution in [0.1, 0.15) is 36.0 Å². The van der Waals surface area contributed by atoms with Crippen LogP contribution in [0, 0.1) is 19.3 Å². The van der Waals surface area contributed by atoms with Crippen molar-refractivity contribution in [2.24, 2.45) is 5.41 Å². The maximum Gasteiger partial charge on any atom is 0.223 e. The molecule has 0 aromatic heterocycles. The van der Waals surface area contributed by atoms with Gasteiger partial charge in [0, 0.05) is 19.5 Å². The molecule has 3 nitrogen and oxygen atoms in total. The molecule has 1 aromatic rings. The molecule has 0 aliphatic carbocycles. The van der Waals surface area contributed by atoms with Gasteiger partial charge in [-0.25, -0.2) is 0 Å². The quantitative estimate of drug-likeness (QED) is 0.896. The third-order valence-corrected chi connectivity index (χ3v) is 4.72. The van der Waals surface area contributed by atoms with Gasteiger partial charge in [-0.2, -0.15) is 0 Å². The number of nitrogens with one attached hydrogen (secondary N) is 1. The van der Waals surface area contributed by atoms with Crippen LogP contribution >= 0.6 is 0 Å². The van der Waals surface area contributed by atoms with Crippen molar-refractivity contribution in [3.8, 4) is 0 Å². The van der Waals surface area contributed by atoms with E-state index in [4.69, 9.17) is 0 Å². The number of carbonyl (C=O) groups is 1. The number of benzene rings is 1. The Labute approximate surface area is 121 Å². The third-order valence-electron chi connectivity index (χ3n) is 4.72. The topological polar surface area (TPSA) is 32.3 Å². The number of hydrogen-bond acceptors (Lipinski definition) is 2. The van der Waals surface area contributed by atoms with E-state index in [0.717, 1.165) is 45.4 Å². The van der Waals surface area contributed by atoms with Crippen LogP contribution in [0.2, 0.25) is 0 Å². The Morgan fingerprint density at radius 2 is 1.80 bits per heavy atom. The molecule has 2 saturated heterocycles. The van der Waals surface area contributed by atoms with Crippen molar-refractivity contribution in [3.05, 3.63) is 34.9 Å². The second kappa shape index (κ2) is 5.21. The van der Waals surface area contributed by atoms with Crippen LogP contribution in [0.15, 0.2) is 18.2 Å². The lowest BCUT2D eigenvalue weighted by Crippen LogP contribution is -2.38. The van der Waals surface area contributed by atoms with E-state index in [0.29, 0.717) is 5.91 Å². The highest BCUT2D eigenvalue weighted by Gasteiger charge is 2.43. The number of nitrogens with zero attached hydrogens (tertiary/aromatic N) is 1. The summed E-state index contributed by atoms with van der Waals surface area (Å²) >= 11 is 0. The first kappa shape index (κ1) is 13.6. The molecule has 1 amide bonds. The third kappa shape index (κ3) is 2.73. The summed E-state index contributed by atoms with van der Waals surface area (Å²) in [6, 6.07) is 6.59. The summed E-state index contributed by atoms with van der Waals surface area (Å²) in [7, 11) is 0. The highest BCUT2D eigenvalue weighted by Crippen LogP contribution is 2.39. The molecule has 2 heterocycles. The van der Waals surface area contributed by atoms with Crippen molar-refractivity contribution in [2.75, 3.05) is 19.6 Å². The summed E-state index contributed by atoms with van der Waals surface area (Å²) in [5, 5.41) is 3.40. The van der Waals surface area contributed by atoms with Gasteiger partial charge in [0.2, 0.25) is 5.91 Å². The van der Waals surface area contributed by atoms with Gasteiger partial charge in [0.15, 0.2) is 0 Å². The second-order valence-electron chi connectivity index (χ2n) is 6.67. The summed E-state index contributed by atoms with van der Waals surface area (Å²) in [6.45, 7) is 8.08. The summed E-state index contributed by atoms with van der Waals surface area (Å²) < 4.78 is 0. The number of piperidine rings is 1. The summed E-state index contributed by atoms with van der Waals surface area (Å²) in [4.78, 5) is 14.4. The fraction of sp³-hybridized carbons (Fsp3) is 0.588. The number of hydrogen-bond donors (Lipinski definition) is 1. The van der Waals surface area contributed by atoms with Gasteiger partial charge in [-0.15, -0.1) is 0 Å². The van der Waals surface area contributed by atoms with Gasteiger partial charge in [-0.1, -0.05) is 29.3 Å². The van der Waals surface area contributed by atoms with Gasteiger partial charge < -0.3 is 10.2 Å². The van der Waals surface area contributed by atoms with Crippen molar-refractivity contribution < 1.29 is 4.79 Å². The molecule has 3 heteroatoms. The van der Waals surface area contributed by atoms with Gasteiger partial charge in [-0.3, -0.25) is 4.79 Å². The van der Waals surface area contributed by atoms with Crippen LogP contribution in [-0.2, 0) is 11.3 Å². The lowest BCUT2D eigenvalue weighted by atomic mass is 9.78. The minimum atomic E-state index is 0.251. The first-order valence-corrected chi connectivity index (χ1v) is 7.62. The predicted molar refractivity (Wildman–Crippen MR) is 80.5 cm³/mol. The van der Waals surface area contributed by atoms with Crippen LogP contribution in [0.5, 0.6) is 0 Å². The van der Waals surface area contributed by atoms with Crippen molar-refractivity contribution >= 4 is 5.91 Å². The lowest BCUT2D eigenvalue weighted by molar-refractivity contribution is -0.128. The van der Waals surface area contributed by atoms with E-state index in [1.54, 1.807) is 0 Å². The number of amides is 1. The zero-order valence-corrected chi connectivity index (χ0v) is 12.5. The Balaban J connectivity index is 1.73. The van der Waals surface area contributed by atoms with Gasteiger partial charge >= 0.3 is 0 Å². The largest absolute Gasteiger partial charge is 0.338 e. The minimum absolute atomic E-state index is 0.251. The van der Waals surface area contributed by atoms with E-state index in [2.05, 4.69) is 42.3 Å². The Kier molecular flexibility index (Phi) is 3.55. The smallest absolute Gasteiger partial charge is 0.223 e. The minimum Gasteiger partial charge on any atom is -0.338 e. The van der Waals surface area contributed by atoms with Gasteiger partial charge in [0.25, 0.3) is 0 Å². The van der Waals surface area contributed by atoms with E-state index in [-0.39, 0.29) is 5.41 Å². The SMILES string of the molecule is Cc1cc(C)cc(CN2CC3(CCNCC3)CC2=O)c1. The molecule has 1 N–H and O–H groups in total. The van der Waals surface area contributed by atoms with Gasteiger partial charge in [0.1, 0.15) is 0 Å². The van der Waals surface area contributed by atoms with Gasteiger partial charge in [0.05, 0.1) is 0 Å². The molecule has 1 aromatic carbocycles. The van der Waals surface area contributed by atoms with E-state index in [1.807, 2.05) is 0 Å². The van der Waals surface area contributed by atoms with E-state index in [9.17, 15) is 4.79 Å². The molecule has 20 heavy (non-hydrogen) atoms. The predicted octanol–water partition coefficient (Wildman–Crippen LogP) is 2.41. The van der Waals surface area contributed by atoms with Gasteiger partial charge in [-0.05, 0) is 50.8 Å². The Hall–Kier alpha value is -1.35. The maximum absolute atomic E-state index is 12.3. The fourth-order valence-corrected chi connectivity index (χ4v) is 3.80. The molecule has 108 valence electrons. The number of aryl methyl sites for hydroxylation is 2. The molecule has 2 aliphatic heterocycles. The molecule has 0 unspecified atom stereocenters. The second-order valence-corrected chi connectivity index (χ2v) is 6.67. The average molecular weight is 272 g/mol. The van der Waals surface area contributed by atoms with Crippen LogP contribution in [0.3, 0.4) is 0 Å². The summed E-state index contributed by atoms with van der Waals surface area (Å²) in [5.74, 6) is 0.339. The standard InChI is InChI=1S/C17H24N2O/c1-13-7-14(2)9-15(8-13)11-19-12-17(10-16(19)20)3-5-18-6-4-17/h7-9,18H,3-6,10-12H2,1-2H3. The number of carbonyl (C=O) groups excluding carboxylic acids is 1. The van der Waals surface area contributed by atoms with Crippen molar-refractivity contribution in [1.82, 2.24) is 10.2 Å². The average Bonchev–Trinajstić information content (AvgIpc) is 2.65. The fourth-order valence-electron chi connectivity index (χ4n) is 3.80. The highest BCUT2D eigenvalue weighted by atomic mass is 16.2. The zero-order chi connectivity index (χ0) is 14.2. The maximum atomic E-state index is 12.3. The van der Waals surface area contributed by atoms with Crippen LogP contribution in [-0.4, -0.2) is 30.4 Å². The van der Waals surface area contributed by atoms with Crippen LogP contribution < -0.4 is 5.32 Å². The molecular weight excluding hydrogens is 248 g/mol. The lowest BCUT2D eigenvalue weighted by Gasteiger charge is -2.33.